The van der Waals surface area contributed by atoms with Crippen LogP contribution >= 0.6 is 0 Å². The van der Waals surface area contributed by atoms with E-state index in [0.717, 1.165) is 6.54 Å². The van der Waals surface area contributed by atoms with E-state index in [1.165, 1.54) is 12.8 Å². The fraction of sp³-hybridized carbons (Fsp3) is 1.00. The van der Waals surface area contributed by atoms with E-state index in [9.17, 15) is 0 Å². The summed E-state index contributed by atoms with van der Waals surface area (Å²) in [5.41, 5.74) is 0.258. The fourth-order valence-electron chi connectivity index (χ4n) is 2.02. The van der Waals surface area contributed by atoms with Gasteiger partial charge >= 0.3 is 0 Å². The molecule has 0 aromatic heterocycles. The highest BCUT2D eigenvalue weighted by atomic mass is 15.2. The van der Waals surface area contributed by atoms with Gasteiger partial charge in [0.05, 0.1) is 5.66 Å². The summed E-state index contributed by atoms with van der Waals surface area (Å²) in [6.07, 6.45) is 2.43. The summed E-state index contributed by atoms with van der Waals surface area (Å²) in [5.74, 6) is 0. The zero-order valence-corrected chi connectivity index (χ0v) is 10.1. The molecule has 0 saturated carbocycles. The second-order valence-electron chi connectivity index (χ2n) is 4.91. The van der Waals surface area contributed by atoms with Gasteiger partial charge in [-0.1, -0.05) is 20.3 Å². The van der Waals surface area contributed by atoms with E-state index in [2.05, 4.69) is 52.2 Å². The lowest BCUT2D eigenvalue weighted by Gasteiger charge is -2.37. The Morgan fingerprint density at radius 2 is 1.54 bits per heavy atom. The number of rotatable bonds is 6. The van der Waals surface area contributed by atoms with Crippen LogP contribution in [0.2, 0.25) is 0 Å². The standard InChI is InChI=1S/C11H26N2/c1-7-9-10(3,4)13-11(5,6)12-8-2/h12-13H,7-9H2,1-6H3. The van der Waals surface area contributed by atoms with Gasteiger partial charge in [0.1, 0.15) is 0 Å². The first kappa shape index (κ1) is 12.9. The van der Waals surface area contributed by atoms with E-state index in [4.69, 9.17) is 0 Å². The minimum atomic E-state index is 0.0351. The van der Waals surface area contributed by atoms with Gasteiger partial charge in [0.15, 0.2) is 0 Å². The first-order valence-electron chi connectivity index (χ1n) is 5.37. The van der Waals surface area contributed by atoms with Crippen molar-refractivity contribution in [3.8, 4) is 0 Å². The van der Waals surface area contributed by atoms with Gasteiger partial charge in [0.25, 0.3) is 0 Å². The minimum Gasteiger partial charge on any atom is -0.300 e. The molecule has 13 heavy (non-hydrogen) atoms. The predicted molar refractivity (Wildman–Crippen MR) is 59.9 cm³/mol. The van der Waals surface area contributed by atoms with Crippen LogP contribution in [0.5, 0.6) is 0 Å². The van der Waals surface area contributed by atoms with Crippen molar-refractivity contribution in [3.05, 3.63) is 0 Å². The molecule has 0 aliphatic carbocycles. The maximum Gasteiger partial charge on any atom is 0.0633 e. The molecule has 0 saturated heterocycles. The smallest absolute Gasteiger partial charge is 0.0633 e. The largest absolute Gasteiger partial charge is 0.300 e. The molecule has 0 aliphatic heterocycles. The average Bonchev–Trinajstić information content (AvgIpc) is 1.82. The van der Waals surface area contributed by atoms with E-state index in [1.807, 2.05) is 0 Å². The predicted octanol–water partition coefficient (Wildman–Crippen LogP) is 2.50. The molecule has 0 rings (SSSR count). The highest BCUT2D eigenvalue weighted by Gasteiger charge is 2.25. The van der Waals surface area contributed by atoms with Crippen molar-refractivity contribution < 1.29 is 0 Å². The molecule has 0 fully saturated rings. The van der Waals surface area contributed by atoms with Crippen LogP contribution in [-0.4, -0.2) is 17.7 Å². The van der Waals surface area contributed by atoms with Crippen molar-refractivity contribution in [1.82, 2.24) is 10.6 Å². The highest BCUT2D eigenvalue weighted by Crippen LogP contribution is 2.14. The van der Waals surface area contributed by atoms with Gasteiger partial charge in [-0.3, -0.25) is 5.32 Å². The number of nitrogens with one attached hydrogen (secondary N) is 2. The Kier molecular flexibility index (Phi) is 4.93. The molecule has 0 bridgehead atoms. The lowest BCUT2D eigenvalue weighted by Crippen LogP contribution is -2.59. The van der Waals surface area contributed by atoms with Crippen LogP contribution in [-0.2, 0) is 0 Å². The molecule has 0 amide bonds. The summed E-state index contributed by atoms with van der Waals surface area (Å²) < 4.78 is 0. The van der Waals surface area contributed by atoms with Gasteiger partial charge in [0.2, 0.25) is 0 Å². The van der Waals surface area contributed by atoms with E-state index in [0.29, 0.717) is 0 Å². The van der Waals surface area contributed by atoms with Crippen LogP contribution in [0.15, 0.2) is 0 Å². The molecule has 0 aromatic rings. The molecule has 2 N–H and O–H groups in total. The van der Waals surface area contributed by atoms with Gasteiger partial charge in [0, 0.05) is 5.54 Å². The maximum absolute atomic E-state index is 3.62. The molecule has 0 atom stereocenters. The monoisotopic (exact) mass is 186 g/mol. The SMILES string of the molecule is CCCC(C)(C)NC(C)(C)NCC. The van der Waals surface area contributed by atoms with E-state index < -0.39 is 0 Å². The summed E-state index contributed by atoms with van der Waals surface area (Å²) in [6.45, 7) is 14.3. The van der Waals surface area contributed by atoms with Crippen LogP contribution in [0, 0.1) is 0 Å². The molecule has 0 aliphatic rings. The third-order valence-electron chi connectivity index (χ3n) is 2.14. The molecule has 0 unspecified atom stereocenters. The Morgan fingerprint density at radius 3 is 1.92 bits per heavy atom. The van der Waals surface area contributed by atoms with Gasteiger partial charge in [-0.25, -0.2) is 0 Å². The lowest BCUT2D eigenvalue weighted by molar-refractivity contribution is 0.215. The van der Waals surface area contributed by atoms with Crippen LogP contribution < -0.4 is 10.6 Å². The molecule has 0 aromatic carbocycles. The van der Waals surface area contributed by atoms with E-state index >= 15 is 0 Å². The van der Waals surface area contributed by atoms with Crippen molar-refractivity contribution >= 4 is 0 Å². The Labute approximate surface area is 83.5 Å². The quantitative estimate of drug-likeness (QED) is 0.623. The fourth-order valence-corrected chi connectivity index (χ4v) is 2.02. The molecule has 80 valence electrons. The summed E-state index contributed by atoms with van der Waals surface area (Å²) in [5, 5.41) is 7.05. The average molecular weight is 186 g/mol. The Hall–Kier alpha value is -0.0800. The van der Waals surface area contributed by atoms with Gasteiger partial charge in [-0.2, -0.15) is 0 Å². The number of hydrogen-bond donors (Lipinski definition) is 2. The maximum atomic E-state index is 3.62. The van der Waals surface area contributed by atoms with Crippen molar-refractivity contribution in [2.45, 2.75) is 65.6 Å². The number of hydrogen-bond acceptors (Lipinski definition) is 2. The zero-order valence-electron chi connectivity index (χ0n) is 10.1. The summed E-state index contributed by atoms with van der Waals surface area (Å²) in [6, 6.07) is 0. The van der Waals surface area contributed by atoms with Crippen molar-refractivity contribution in [2.75, 3.05) is 6.54 Å². The van der Waals surface area contributed by atoms with E-state index in [1.54, 1.807) is 0 Å². The Bertz CT molecular complexity index is 123. The first-order chi connectivity index (χ1) is 5.83. The normalized spacial score (nSPS) is 13.4. The first-order valence-corrected chi connectivity index (χ1v) is 5.37. The Balaban J connectivity index is 4.07. The van der Waals surface area contributed by atoms with Crippen molar-refractivity contribution in [1.29, 1.82) is 0 Å². The minimum absolute atomic E-state index is 0.0351. The summed E-state index contributed by atoms with van der Waals surface area (Å²) >= 11 is 0. The molecule has 0 radical (unpaired) electrons. The second-order valence-corrected chi connectivity index (χ2v) is 4.91. The van der Waals surface area contributed by atoms with Gasteiger partial charge in [-0.15, -0.1) is 0 Å². The van der Waals surface area contributed by atoms with Crippen LogP contribution in [0.4, 0.5) is 0 Å². The van der Waals surface area contributed by atoms with Crippen molar-refractivity contribution in [3.63, 3.8) is 0 Å². The third kappa shape index (κ3) is 6.05. The molecule has 0 heterocycles. The Morgan fingerprint density at radius 1 is 1.00 bits per heavy atom. The van der Waals surface area contributed by atoms with Gasteiger partial charge in [-0.05, 0) is 40.7 Å². The van der Waals surface area contributed by atoms with Crippen molar-refractivity contribution in [2.24, 2.45) is 0 Å². The third-order valence-corrected chi connectivity index (χ3v) is 2.14. The topological polar surface area (TPSA) is 24.1 Å². The van der Waals surface area contributed by atoms with Crippen LogP contribution in [0.3, 0.4) is 0 Å². The summed E-state index contributed by atoms with van der Waals surface area (Å²) in [4.78, 5) is 0. The molecule has 0 spiro atoms. The van der Waals surface area contributed by atoms with Crippen LogP contribution in [0.25, 0.3) is 0 Å². The van der Waals surface area contributed by atoms with E-state index in [-0.39, 0.29) is 11.2 Å². The molecule has 2 heteroatoms. The van der Waals surface area contributed by atoms with Crippen LogP contribution in [0.1, 0.15) is 54.4 Å². The molecular formula is C11H26N2. The molecule has 2 nitrogen and oxygen atoms in total. The zero-order chi connectivity index (χ0) is 10.5. The molecular weight excluding hydrogens is 160 g/mol. The second kappa shape index (κ2) is 4.97. The van der Waals surface area contributed by atoms with Gasteiger partial charge < -0.3 is 5.32 Å². The highest BCUT2D eigenvalue weighted by molar-refractivity contribution is 4.85. The lowest BCUT2D eigenvalue weighted by atomic mass is 9.96. The summed E-state index contributed by atoms with van der Waals surface area (Å²) in [7, 11) is 0.